The SMILES string of the molecule is N#CC(c1ccc(F)cc1)c1ncc[nH]1. The number of benzene rings is 1. The summed E-state index contributed by atoms with van der Waals surface area (Å²) in [6.07, 6.45) is 3.24. The second-order valence-electron chi connectivity index (χ2n) is 3.09. The smallest absolute Gasteiger partial charge is 0.129 e. The first-order chi connectivity index (χ1) is 7.31. The molecule has 2 rings (SSSR count). The fourth-order valence-corrected chi connectivity index (χ4v) is 1.38. The van der Waals surface area contributed by atoms with Crippen LogP contribution < -0.4 is 0 Å². The van der Waals surface area contributed by atoms with Crippen LogP contribution in [-0.4, -0.2) is 9.97 Å². The highest BCUT2D eigenvalue weighted by molar-refractivity contribution is 5.31. The zero-order valence-electron chi connectivity index (χ0n) is 7.81. The number of nitrogens with one attached hydrogen (secondary N) is 1. The maximum atomic E-state index is 12.7. The minimum Gasteiger partial charge on any atom is -0.347 e. The average Bonchev–Trinajstić information content (AvgIpc) is 2.75. The van der Waals surface area contributed by atoms with Gasteiger partial charge in [-0.15, -0.1) is 0 Å². The molecule has 0 amide bonds. The van der Waals surface area contributed by atoms with Gasteiger partial charge in [-0.25, -0.2) is 9.37 Å². The van der Waals surface area contributed by atoms with Crippen LogP contribution in [0.4, 0.5) is 4.39 Å². The lowest BCUT2D eigenvalue weighted by atomic mass is 10.0. The van der Waals surface area contributed by atoms with Gasteiger partial charge in [-0.2, -0.15) is 5.26 Å². The van der Waals surface area contributed by atoms with Crippen LogP contribution in [0.25, 0.3) is 0 Å². The molecule has 0 fully saturated rings. The van der Waals surface area contributed by atoms with Crippen molar-refractivity contribution >= 4 is 0 Å². The molecule has 0 saturated heterocycles. The molecule has 0 aliphatic rings. The molecule has 2 aromatic rings. The Morgan fingerprint density at radius 2 is 2.07 bits per heavy atom. The summed E-state index contributed by atoms with van der Waals surface area (Å²) in [7, 11) is 0. The summed E-state index contributed by atoms with van der Waals surface area (Å²) >= 11 is 0. The molecule has 1 aromatic heterocycles. The van der Waals surface area contributed by atoms with E-state index in [1.165, 1.54) is 12.1 Å². The minimum atomic E-state index is -0.472. The summed E-state index contributed by atoms with van der Waals surface area (Å²) in [6.45, 7) is 0. The molecular weight excluding hydrogens is 193 g/mol. The first kappa shape index (κ1) is 9.41. The molecule has 4 heteroatoms. The van der Waals surface area contributed by atoms with E-state index in [2.05, 4.69) is 16.0 Å². The number of rotatable bonds is 2. The van der Waals surface area contributed by atoms with Gasteiger partial charge < -0.3 is 4.98 Å². The van der Waals surface area contributed by atoms with Crippen molar-refractivity contribution in [3.8, 4) is 6.07 Å². The molecule has 15 heavy (non-hydrogen) atoms. The molecular formula is C11H8FN3. The Bertz CT molecular complexity index is 468. The van der Waals surface area contributed by atoms with Crippen LogP contribution in [0, 0.1) is 17.1 Å². The van der Waals surface area contributed by atoms with Crippen molar-refractivity contribution in [3.63, 3.8) is 0 Å². The Balaban J connectivity index is 2.37. The van der Waals surface area contributed by atoms with Gasteiger partial charge in [0.25, 0.3) is 0 Å². The minimum absolute atomic E-state index is 0.310. The van der Waals surface area contributed by atoms with Gasteiger partial charge in [0.05, 0.1) is 6.07 Å². The number of aromatic amines is 1. The van der Waals surface area contributed by atoms with Crippen molar-refractivity contribution in [2.24, 2.45) is 0 Å². The van der Waals surface area contributed by atoms with Crippen molar-refractivity contribution < 1.29 is 4.39 Å². The van der Waals surface area contributed by atoms with Gasteiger partial charge in [-0.1, -0.05) is 12.1 Å². The molecule has 0 saturated carbocycles. The van der Waals surface area contributed by atoms with Crippen molar-refractivity contribution in [2.75, 3.05) is 0 Å². The van der Waals surface area contributed by atoms with Crippen LogP contribution in [0.1, 0.15) is 17.3 Å². The summed E-state index contributed by atoms with van der Waals surface area (Å²) in [6, 6.07) is 7.97. The van der Waals surface area contributed by atoms with Crippen LogP contribution in [-0.2, 0) is 0 Å². The van der Waals surface area contributed by atoms with Crippen LogP contribution >= 0.6 is 0 Å². The van der Waals surface area contributed by atoms with Crippen LogP contribution in [0.5, 0.6) is 0 Å². The van der Waals surface area contributed by atoms with E-state index in [-0.39, 0.29) is 5.82 Å². The third-order valence-electron chi connectivity index (χ3n) is 2.13. The Labute approximate surface area is 86.2 Å². The highest BCUT2D eigenvalue weighted by Gasteiger charge is 2.15. The summed E-state index contributed by atoms with van der Waals surface area (Å²) < 4.78 is 12.7. The van der Waals surface area contributed by atoms with Crippen molar-refractivity contribution in [1.29, 1.82) is 5.26 Å². The van der Waals surface area contributed by atoms with Gasteiger partial charge in [0.2, 0.25) is 0 Å². The number of imidazole rings is 1. The van der Waals surface area contributed by atoms with Crippen molar-refractivity contribution in [3.05, 3.63) is 53.9 Å². The second-order valence-corrected chi connectivity index (χ2v) is 3.09. The second kappa shape index (κ2) is 3.93. The lowest BCUT2D eigenvalue weighted by Gasteiger charge is -2.05. The van der Waals surface area contributed by atoms with E-state index in [1.807, 2.05) is 0 Å². The average molecular weight is 201 g/mol. The van der Waals surface area contributed by atoms with E-state index >= 15 is 0 Å². The highest BCUT2D eigenvalue weighted by atomic mass is 19.1. The lowest BCUT2D eigenvalue weighted by molar-refractivity contribution is 0.627. The summed E-state index contributed by atoms with van der Waals surface area (Å²) in [5, 5.41) is 9.02. The molecule has 1 atom stereocenters. The van der Waals surface area contributed by atoms with Gasteiger partial charge in [0.1, 0.15) is 17.6 Å². The Morgan fingerprint density at radius 3 is 2.60 bits per heavy atom. The van der Waals surface area contributed by atoms with E-state index in [0.717, 1.165) is 5.56 Å². The van der Waals surface area contributed by atoms with Gasteiger partial charge >= 0.3 is 0 Å². The van der Waals surface area contributed by atoms with Crippen LogP contribution in [0.15, 0.2) is 36.7 Å². The van der Waals surface area contributed by atoms with E-state index in [4.69, 9.17) is 5.26 Å². The molecule has 1 heterocycles. The van der Waals surface area contributed by atoms with Crippen LogP contribution in [0.3, 0.4) is 0 Å². The number of aromatic nitrogens is 2. The summed E-state index contributed by atoms with van der Waals surface area (Å²) in [5.74, 6) is -0.209. The highest BCUT2D eigenvalue weighted by Crippen LogP contribution is 2.20. The molecule has 0 bridgehead atoms. The quantitative estimate of drug-likeness (QED) is 0.809. The number of H-pyrrole nitrogens is 1. The molecule has 0 aliphatic carbocycles. The van der Waals surface area contributed by atoms with Gasteiger partial charge in [0, 0.05) is 12.4 Å². The monoisotopic (exact) mass is 201 g/mol. The lowest BCUT2D eigenvalue weighted by Crippen LogP contribution is -2.00. The Kier molecular flexibility index (Phi) is 2.46. The fraction of sp³-hybridized carbons (Fsp3) is 0.0909. The predicted molar refractivity (Wildman–Crippen MR) is 52.4 cm³/mol. The van der Waals surface area contributed by atoms with Crippen molar-refractivity contribution in [2.45, 2.75) is 5.92 Å². The molecule has 1 N–H and O–H groups in total. The van der Waals surface area contributed by atoms with Crippen LogP contribution in [0.2, 0.25) is 0 Å². The molecule has 0 spiro atoms. The molecule has 0 aliphatic heterocycles. The first-order valence-corrected chi connectivity index (χ1v) is 4.45. The fourth-order valence-electron chi connectivity index (χ4n) is 1.38. The normalized spacial score (nSPS) is 12.0. The van der Waals surface area contributed by atoms with E-state index in [9.17, 15) is 4.39 Å². The number of hydrogen-bond donors (Lipinski definition) is 1. The van der Waals surface area contributed by atoms with E-state index in [0.29, 0.717) is 5.82 Å². The van der Waals surface area contributed by atoms with Gasteiger partial charge in [-0.05, 0) is 17.7 Å². The number of halogens is 1. The standard InChI is InChI=1S/C11H8FN3/c12-9-3-1-8(2-4-9)10(7-13)11-14-5-6-15-11/h1-6,10H,(H,14,15). The third-order valence-corrected chi connectivity index (χ3v) is 2.13. The molecule has 74 valence electrons. The summed E-state index contributed by atoms with van der Waals surface area (Å²) in [4.78, 5) is 6.89. The maximum absolute atomic E-state index is 12.7. The number of nitrogens with zero attached hydrogens (tertiary/aromatic N) is 2. The molecule has 1 unspecified atom stereocenters. The van der Waals surface area contributed by atoms with Gasteiger partial charge in [0.15, 0.2) is 0 Å². The number of nitriles is 1. The van der Waals surface area contributed by atoms with E-state index in [1.54, 1.807) is 24.5 Å². The molecule has 1 aromatic carbocycles. The predicted octanol–water partition coefficient (Wildman–Crippen LogP) is 2.20. The molecule has 3 nitrogen and oxygen atoms in total. The largest absolute Gasteiger partial charge is 0.347 e. The zero-order chi connectivity index (χ0) is 10.7. The topological polar surface area (TPSA) is 52.5 Å². The Hall–Kier alpha value is -2.15. The van der Waals surface area contributed by atoms with Gasteiger partial charge in [-0.3, -0.25) is 0 Å². The van der Waals surface area contributed by atoms with E-state index < -0.39 is 5.92 Å². The number of hydrogen-bond acceptors (Lipinski definition) is 2. The molecule has 0 radical (unpaired) electrons. The van der Waals surface area contributed by atoms with Crippen molar-refractivity contribution in [1.82, 2.24) is 9.97 Å². The summed E-state index contributed by atoms with van der Waals surface area (Å²) in [5.41, 5.74) is 0.730. The first-order valence-electron chi connectivity index (χ1n) is 4.45. The maximum Gasteiger partial charge on any atom is 0.129 e. The zero-order valence-corrected chi connectivity index (χ0v) is 7.81. The third kappa shape index (κ3) is 1.86. The Morgan fingerprint density at radius 1 is 1.33 bits per heavy atom.